The van der Waals surface area contributed by atoms with Crippen molar-refractivity contribution in [3.05, 3.63) is 65.1 Å². The minimum atomic E-state index is -0.520. The molecule has 0 spiro atoms. The molecule has 0 aliphatic heterocycles. The SMILES string of the molecule is N#Cc1cc(-c2ncc(-c3cccc4c3CCC4O)s2)ccc1F. The maximum atomic E-state index is 13.5. The number of nitrogens with zero attached hydrogens (tertiary/aromatic N) is 2. The van der Waals surface area contributed by atoms with E-state index < -0.39 is 5.82 Å². The summed E-state index contributed by atoms with van der Waals surface area (Å²) in [5, 5.41) is 19.8. The number of hydrogen-bond acceptors (Lipinski definition) is 4. The topological polar surface area (TPSA) is 56.9 Å². The van der Waals surface area contributed by atoms with Gasteiger partial charge in [-0.05, 0) is 47.7 Å². The fourth-order valence-electron chi connectivity index (χ4n) is 3.14. The van der Waals surface area contributed by atoms with Crippen molar-refractivity contribution in [1.29, 1.82) is 5.26 Å². The second kappa shape index (κ2) is 5.82. The number of fused-ring (bicyclic) bond motifs is 1. The molecule has 0 fully saturated rings. The molecule has 1 heterocycles. The van der Waals surface area contributed by atoms with Crippen molar-refractivity contribution in [1.82, 2.24) is 4.98 Å². The molecule has 1 aliphatic rings. The van der Waals surface area contributed by atoms with Gasteiger partial charge in [-0.3, -0.25) is 0 Å². The van der Waals surface area contributed by atoms with Crippen LogP contribution in [0.4, 0.5) is 4.39 Å². The van der Waals surface area contributed by atoms with Crippen LogP contribution in [0, 0.1) is 17.1 Å². The molecule has 2 aromatic carbocycles. The van der Waals surface area contributed by atoms with Gasteiger partial charge in [0.2, 0.25) is 0 Å². The van der Waals surface area contributed by atoms with E-state index in [1.54, 1.807) is 12.3 Å². The predicted molar refractivity (Wildman–Crippen MR) is 90.9 cm³/mol. The third kappa shape index (κ3) is 2.41. The Morgan fingerprint density at radius 3 is 3.00 bits per heavy atom. The number of hydrogen-bond donors (Lipinski definition) is 1. The van der Waals surface area contributed by atoms with Crippen molar-refractivity contribution in [3.8, 4) is 27.1 Å². The highest BCUT2D eigenvalue weighted by atomic mass is 32.1. The number of aromatic nitrogens is 1. The number of benzene rings is 2. The van der Waals surface area contributed by atoms with E-state index in [1.807, 2.05) is 24.3 Å². The average Bonchev–Trinajstić information content (AvgIpc) is 3.23. The Labute approximate surface area is 142 Å². The fourth-order valence-corrected chi connectivity index (χ4v) is 4.10. The molecular formula is C19H13FN2OS. The quantitative estimate of drug-likeness (QED) is 0.751. The largest absolute Gasteiger partial charge is 0.388 e. The molecule has 0 amide bonds. The number of nitriles is 1. The van der Waals surface area contributed by atoms with E-state index in [0.717, 1.165) is 39.4 Å². The lowest BCUT2D eigenvalue weighted by atomic mass is 10.0. The van der Waals surface area contributed by atoms with Crippen LogP contribution in [0.1, 0.15) is 29.2 Å². The van der Waals surface area contributed by atoms with Crippen molar-refractivity contribution < 1.29 is 9.50 Å². The summed E-state index contributed by atoms with van der Waals surface area (Å²) < 4.78 is 13.5. The second-order valence-electron chi connectivity index (χ2n) is 5.76. The van der Waals surface area contributed by atoms with Crippen LogP contribution in [-0.4, -0.2) is 10.1 Å². The molecule has 0 bridgehead atoms. The lowest BCUT2D eigenvalue weighted by Gasteiger charge is -2.07. The first-order valence-corrected chi connectivity index (χ1v) is 8.45. The fraction of sp³-hybridized carbons (Fsp3) is 0.158. The molecule has 24 heavy (non-hydrogen) atoms. The number of rotatable bonds is 2. The molecular weight excluding hydrogens is 323 g/mol. The molecule has 1 aliphatic carbocycles. The average molecular weight is 336 g/mol. The van der Waals surface area contributed by atoms with Crippen LogP contribution < -0.4 is 0 Å². The van der Waals surface area contributed by atoms with Gasteiger partial charge in [-0.25, -0.2) is 9.37 Å². The van der Waals surface area contributed by atoms with Gasteiger partial charge in [-0.15, -0.1) is 11.3 Å². The number of aliphatic hydroxyl groups excluding tert-OH is 1. The van der Waals surface area contributed by atoms with Crippen LogP contribution >= 0.6 is 11.3 Å². The Kier molecular flexibility index (Phi) is 3.64. The lowest BCUT2D eigenvalue weighted by Crippen LogP contribution is -1.90. The molecule has 5 heteroatoms. The highest BCUT2D eigenvalue weighted by Crippen LogP contribution is 2.40. The van der Waals surface area contributed by atoms with Crippen LogP contribution in [0.2, 0.25) is 0 Å². The molecule has 4 rings (SSSR count). The van der Waals surface area contributed by atoms with E-state index in [0.29, 0.717) is 0 Å². The maximum absolute atomic E-state index is 13.5. The Bertz CT molecular complexity index is 974. The molecule has 0 saturated carbocycles. The molecule has 1 N–H and O–H groups in total. The summed E-state index contributed by atoms with van der Waals surface area (Å²) in [5.41, 5.74) is 4.02. The van der Waals surface area contributed by atoms with Crippen molar-refractivity contribution >= 4 is 11.3 Å². The van der Waals surface area contributed by atoms with Crippen molar-refractivity contribution in [2.24, 2.45) is 0 Å². The lowest BCUT2D eigenvalue weighted by molar-refractivity contribution is 0.180. The Morgan fingerprint density at radius 2 is 2.17 bits per heavy atom. The normalized spacial score (nSPS) is 16.0. The van der Waals surface area contributed by atoms with E-state index >= 15 is 0 Å². The molecule has 0 saturated heterocycles. The minimum absolute atomic E-state index is 0.0213. The molecule has 3 nitrogen and oxygen atoms in total. The van der Waals surface area contributed by atoms with Crippen LogP contribution in [0.5, 0.6) is 0 Å². The molecule has 1 unspecified atom stereocenters. The highest BCUT2D eigenvalue weighted by molar-refractivity contribution is 7.18. The zero-order valence-corrected chi connectivity index (χ0v) is 13.5. The van der Waals surface area contributed by atoms with E-state index in [4.69, 9.17) is 5.26 Å². The van der Waals surface area contributed by atoms with Crippen LogP contribution in [0.3, 0.4) is 0 Å². The maximum Gasteiger partial charge on any atom is 0.140 e. The Balaban J connectivity index is 1.76. The third-order valence-electron chi connectivity index (χ3n) is 4.34. The van der Waals surface area contributed by atoms with Gasteiger partial charge in [0.1, 0.15) is 16.9 Å². The van der Waals surface area contributed by atoms with Gasteiger partial charge < -0.3 is 5.11 Å². The van der Waals surface area contributed by atoms with Crippen molar-refractivity contribution in [3.63, 3.8) is 0 Å². The second-order valence-corrected chi connectivity index (χ2v) is 6.79. The Hall–Kier alpha value is -2.55. The first-order valence-electron chi connectivity index (χ1n) is 7.63. The third-order valence-corrected chi connectivity index (χ3v) is 5.42. The van der Waals surface area contributed by atoms with Crippen LogP contribution in [0.15, 0.2) is 42.6 Å². The minimum Gasteiger partial charge on any atom is -0.388 e. The summed E-state index contributed by atoms with van der Waals surface area (Å²) in [5.74, 6) is -0.520. The molecule has 1 atom stereocenters. The van der Waals surface area contributed by atoms with Gasteiger partial charge in [0.05, 0.1) is 16.5 Å². The Morgan fingerprint density at radius 1 is 1.29 bits per heavy atom. The first kappa shape index (κ1) is 15.0. The monoisotopic (exact) mass is 336 g/mol. The summed E-state index contributed by atoms with van der Waals surface area (Å²) in [6.45, 7) is 0. The summed E-state index contributed by atoms with van der Waals surface area (Å²) in [4.78, 5) is 5.45. The van der Waals surface area contributed by atoms with E-state index in [-0.39, 0.29) is 11.7 Å². The standard InChI is InChI=1S/C19H13FN2OS/c20-16-6-4-11(8-12(16)9-21)19-22-10-18(24-19)15-3-1-2-14-13(15)5-7-17(14)23/h1-4,6,8,10,17,23H,5,7H2. The van der Waals surface area contributed by atoms with Gasteiger partial charge in [-0.2, -0.15) is 5.26 Å². The van der Waals surface area contributed by atoms with Gasteiger partial charge in [0.15, 0.2) is 0 Å². The van der Waals surface area contributed by atoms with Gasteiger partial charge in [0, 0.05) is 11.8 Å². The molecule has 0 radical (unpaired) electrons. The van der Waals surface area contributed by atoms with E-state index in [1.165, 1.54) is 29.0 Å². The molecule has 3 aromatic rings. The van der Waals surface area contributed by atoms with Gasteiger partial charge in [-0.1, -0.05) is 18.2 Å². The summed E-state index contributed by atoms with van der Waals surface area (Å²) in [7, 11) is 0. The first-order chi connectivity index (χ1) is 11.7. The number of thiazole rings is 1. The van der Waals surface area contributed by atoms with Crippen LogP contribution in [-0.2, 0) is 6.42 Å². The molecule has 1 aromatic heterocycles. The van der Waals surface area contributed by atoms with Crippen molar-refractivity contribution in [2.45, 2.75) is 18.9 Å². The van der Waals surface area contributed by atoms with Crippen molar-refractivity contribution in [2.75, 3.05) is 0 Å². The highest BCUT2D eigenvalue weighted by Gasteiger charge is 2.23. The summed E-state index contributed by atoms with van der Waals surface area (Å²) in [6, 6.07) is 12.3. The molecule has 118 valence electrons. The smallest absolute Gasteiger partial charge is 0.140 e. The van der Waals surface area contributed by atoms with Gasteiger partial charge in [0.25, 0.3) is 0 Å². The van der Waals surface area contributed by atoms with Gasteiger partial charge >= 0.3 is 0 Å². The van der Waals surface area contributed by atoms with E-state index in [9.17, 15) is 9.50 Å². The zero-order chi connectivity index (χ0) is 16.7. The predicted octanol–water partition coefficient (Wildman–Crippen LogP) is 4.47. The summed E-state index contributed by atoms with van der Waals surface area (Å²) >= 11 is 1.51. The summed E-state index contributed by atoms with van der Waals surface area (Å²) in [6.07, 6.45) is 3.02. The van der Waals surface area contributed by atoms with E-state index in [2.05, 4.69) is 4.98 Å². The zero-order valence-electron chi connectivity index (χ0n) is 12.7. The van der Waals surface area contributed by atoms with Crippen LogP contribution in [0.25, 0.3) is 21.0 Å². The number of aliphatic hydroxyl groups is 1. The number of halogens is 1.